The maximum atomic E-state index is 11.6. The van der Waals surface area contributed by atoms with Crippen molar-refractivity contribution in [1.82, 2.24) is 15.6 Å². The molecule has 1 aliphatic heterocycles. The first kappa shape index (κ1) is 12.1. The Morgan fingerprint density at radius 3 is 3.24 bits per heavy atom. The molecule has 2 rings (SSSR count). The smallest absolute Gasteiger partial charge is 0.241 e. The maximum Gasteiger partial charge on any atom is 0.241 e. The summed E-state index contributed by atoms with van der Waals surface area (Å²) in [4.78, 5) is 15.8. The number of rotatable bonds is 5. The van der Waals surface area contributed by atoms with Gasteiger partial charge in [0.2, 0.25) is 5.91 Å². The van der Waals surface area contributed by atoms with Crippen molar-refractivity contribution in [3.05, 3.63) is 23.2 Å². The minimum absolute atomic E-state index is 0.0385. The zero-order valence-corrected chi connectivity index (χ0v) is 10.3. The summed E-state index contributed by atoms with van der Waals surface area (Å²) in [5.41, 5.74) is 6.54. The highest BCUT2D eigenvalue weighted by Gasteiger charge is 2.16. The number of amides is 1. The predicted octanol–water partition coefficient (Wildman–Crippen LogP) is 0.302. The van der Waals surface area contributed by atoms with Crippen molar-refractivity contribution in [2.24, 2.45) is 0 Å². The molecule has 1 aliphatic rings. The van der Waals surface area contributed by atoms with Crippen LogP contribution in [-0.4, -0.2) is 30.0 Å². The highest BCUT2D eigenvalue weighted by molar-refractivity contribution is 7.13. The Hall–Kier alpha value is -1.40. The number of nitrogens with zero attached hydrogens (tertiary/aromatic N) is 1. The second-order valence-electron chi connectivity index (χ2n) is 3.89. The molecule has 0 aromatic carbocycles. The van der Waals surface area contributed by atoms with E-state index in [1.54, 1.807) is 0 Å². The highest BCUT2D eigenvalue weighted by Crippen LogP contribution is 2.12. The van der Waals surface area contributed by atoms with Crippen molar-refractivity contribution in [2.75, 3.05) is 18.8 Å². The molecule has 17 heavy (non-hydrogen) atoms. The minimum atomic E-state index is -0.162. The van der Waals surface area contributed by atoms with Crippen molar-refractivity contribution >= 4 is 22.4 Å². The highest BCUT2D eigenvalue weighted by atomic mass is 32.1. The van der Waals surface area contributed by atoms with Crippen LogP contribution in [0.2, 0.25) is 0 Å². The van der Waals surface area contributed by atoms with Crippen LogP contribution in [0.3, 0.4) is 0 Å². The van der Waals surface area contributed by atoms with E-state index in [1.165, 1.54) is 11.3 Å². The second kappa shape index (κ2) is 5.79. The van der Waals surface area contributed by atoms with Crippen LogP contribution in [0.15, 0.2) is 17.5 Å². The van der Waals surface area contributed by atoms with Crippen molar-refractivity contribution in [2.45, 2.75) is 18.9 Å². The summed E-state index contributed by atoms with van der Waals surface area (Å²) in [6.07, 6.45) is 5.58. The first-order valence-electron chi connectivity index (χ1n) is 5.63. The van der Waals surface area contributed by atoms with E-state index in [1.807, 2.05) is 17.5 Å². The molecule has 1 atom stereocenters. The van der Waals surface area contributed by atoms with Gasteiger partial charge in [-0.15, -0.1) is 11.3 Å². The Balaban J connectivity index is 1.63. The lowest BCUT2D eigenvalue weighted by Gasteiger charge is -2.09. The molecule has 1 amide bonds. The molecular formula is C11H16N4OS. The fourth-order valence-electron chi connectivity index (χ4n) is 1.68. The summed E-state index contributed by atoms with van der Waals surface area (Å²) in [7, 11) is 0. The van der Waals surface area contributed by atoms with Gasteiger partial charge in [-0.1, -0.05) is 12.2 Å². The average Bonchev–Trinajstić information content (AvgIpc) is 2.95. The van der Waals surface area contributed by atoms with Crippen LogP contribution in [0.4, 0.5) is 5.13 Å². The molecule has 0 saturated carbocycles. The van der Waals surface area contributed by atoms with E-state index in [2.05, 4.69) is 15.6 Å². The molecule has 0 saturated heterocycles. The molecule has 2 heterocycles. The summed E-state index contributed by atoms with van der Waals surface area (Å²) in [5.74, 6) is 0.0385. The third-order valence-corrected chi connectivity index (χ3v) is 3.27. The molecule has 1 unspecified atom stereocenters. The Morgan fingerprint density at radius 1 is 1.71 bits per heavy atom. The van der Waals surface area contributed by atoms with Crippen molar-refractivity contribution < 1.29 is 4.79 Å². The summed E-state index contributed by atoms with van der Waals surface area (Å²) < 4.78 is 0. The van der Waals surface area contributed by atoms with Gasteiger partial charge in [0, 0.05) is 18.5 Å². The lowest BCUT2D eigenvalue weighted by molar-refractivity contribution is -0.121. The van der Waals surface area contributed by atoms with E-state index in [9.17, 15) is 4.79 Å². The zero-order chi connectivity index (χ0) is 12.1. The van der Waals surface area contributed by atoms with Gasteiger partial charge in [-0.05, 0) is 12.8 Å². The molecular weight excluding hydrogens is 236 g/mol. The van der Waals surface area contributed by atoms with Crippen molar-refractivity contribution in [1.29, 1.82) is 0 Å². The first-order valence-corrected chi connectivity index (χ1v) is 6.51. The number of nitrogens with one attached hydrogen (secondary N) is 2. The molecule has 0 fully saturated rings. The van der Waals surface area contributed by atoms with Gasteiger partial charge in [0.1, 0.15) is 6.04 Å². The van der Waals surface area contributed by atoms with Crippen molar-refractivity contribution in [3.8, 4) is 0 Å². The van der Waals surface area contributed by atoms with Gasteiger partial charge >= 0.3 is 0 Å². The van der Waals surface area contributed by atoms with Crippen LogP contribution in [-0.2, 0) is 11.2 Å². The summed E-state index contributed by atoms with van der Waals surface area (Å²) in [6.45, 7) is 1.44. The molecule has 1 aromatic heterocycles. The van der Waals surface area contributed by atoms with Crippen LogP contribution in [0.1, 0.15) is 12.1 Å². The fourth-order valence-corrected chi connectivity index (χ4v) is 2.27. The SMILES string of the molecule is Nc1nc(CCCNC(=O)C2C=CCN2)cs1. The van der Waals surface area contributed by atoms with E-state index in [4.69, 9.17) is 5.73 Å². The average molecular weight is 252 g/mol. The quantitative estimate of drug-likeness (QED) is 0.520. The van der Waals surface area contributed by atoms with E-state index < -0.39 is 0 Å². The monoisotopic (exact) mass is 252 g/mol. The van der Waals surface area contributed by atoms with Crippen molar-refractivity contribution in [3.63, 3.8) is 0 Å². The maximum absolute atomic E-state index is 11.6. The summed E-state index contributed by atoms with van der Waals surface area (Å²) in [5, 5.41) is 8.52. The van der Waals surface area contributed by atoms with Gasteiger partial charge in [0.15, 0.2) is 5.13 Å². The van der Waals surface area contributed by atoms with Gasteiger partial charge in [-0.25, -0.2) is 4.98 Å². The lowest BCUT2D eigenvalue weighted by atomic mass is 10.2. The van der Waals surface area contributed by atoms with Crippen LogP contribution in [0, 0.1) is 0 Å². The van der Waals surface area contributed by atoms with Gasteiger partial charge in [-0.3, -0.25) is 10.1 Å². The fraction of sp³-hybridized carbons (Fsp3) is 0.455. The standard InChI is InChI=1S/C11H16N4OS/c12-11-15-8(7-17-11)3-1-6-14-10(16)9-4-2-5-13-9/h2,4,7,9,13H,1,3,5-6H2,(H2,12,15)(H,14,16). The molecule has 6 heteroatoms. The number of hydrogen-bond donors (Lipinski definition) is 3. The normalized spacial score (nSPS) is 18.5. The van der Waals surface area contributed by atoms with E-state index in [-0.39, 0.29) is 11.9 Å². The number of carbonyl (C=O) groups excluding carboxylic acids is 1. The molecule has 0 spiro atoms. The summed E-state index contributed by atoms with van der Waals surface area (Å²) in [6, 6.07) is -0.162. The molecule has 92 valence electrons. The van der Waals surface area contributed by atoms with Gasteiger partial charge in [0.25, 0.3) is 0 Å². The van der Waals surface area contributed by atoms with Crippen LogP contribution in [0.25, 0.3) is 0 Å². The topological polar surface area (TPSA) is 80.0 Å². The Morgan fingerprint density at radius 2 is 2.59 bits per heavy atom. The van der Waals surface area contributed by atoms with Gasteiger partial charge in [-0.2, -0.15) is 0 Å². The number of aryl methyl sites for hydroxylation is 1. The zero-order valence-electron chi connectivity index (χ0n) is 9.48. The van der Waals surface area contributed by atoms with Crippen LogP contribution >= 0.6 is 11.3 Å². The number of thiazole rings is 1. The number of anilines is 1. The first-order chi connectivity index (χ1) is 8.25. The van der Waals surface area contributed by atoms with Gasteiger partial charge < -0.3 is 11.1 Å². The predicted molar refractivity (Wildman–Crippen MR) is 68.8 cm³/mol. The summed E-state index contributed by atoms with van der Waals surface area (Å²) >= 11 is 1.45. The number of nitrogen functional groups attached to an aromatic ring is 1. The molecule has 0 aliphatic carbocycles. The molecule has 5 nitrogen and oxygen atoms in total. The van der Waals surface area contributed by atoms with E-state index in [0.717, 1.165) is 25.1 Å². The van der Waals surface area contributed by atoms with Crippen LogP contribution < -0.4 is 16.4 Å². The van der Waals surface area contributed by atoms with Gasteiger partial charge in [0.05, 0.1) is 5.69 Å². The molecule has 0 radical (unpaired) electrons. The molecule has 4 N–H and O–H groups in total. The number of aromatic nitrogens is 1. The largest absolute Gasteiger partial charge is 0.375 e. The molecule has 0 bridgehead atoms. The Labute approximate surface area is 104 Å². The van der Waals surface area contributed by atoms with E-state index in [0.29, 0.717) is 11.7 Å². The Kier molecular flexibility index (Phi) is 4.11. The minimum Gasteiger partial charge on any atom is -0.375 e. The van der Waals surface area contributed by atoms with Crippen LogP contribution in [0.5, 0.6) is 0 Å². The number of nitrogens with two attached hydrogens (primary N) is 1. The van der Waals surface area contributed by atoms with E-state index >= 15 is 0 Å². The molecule has 1 aromatic rings. The lowest BCUT2D eigenvalue weighted by Crippen LogP contribution is -2.40. The third-order valence-electron chi connectivity index (χ3n) is 2.55. The second-order valence-corrected chi connectivity index (χ2v) is 4.78. The Bertz CT molecular complexity index is 415. The third kappa shape index (κ3) is 3.54. The number of carbonyl (C=O) groups is 1. The number of hydrogen-bond acceptors (Lipinski definition) is 5.